The number of rotatable bonds is 1. The number of hydrogen-bond donors (Lipinski definition) is 1. The van der Waals surface area contributed by atoms with Crippen LogP contribution in [0.4, 0.5) is 10.1 Å². The molecule has 0 spiro atoms. The van der Waals surface area contributed by atoms with Crippen LogP contribution in [0.25, 0.3) is 0 Å². The van der Waals surface area contributed by atoms with E-state index < -0.39 is 0 Å². The van der Waals surface area contributed by atoms with E-state index in [4.69, 9.17) is 11.6 Å². The summed E-state index contributed by atoms with van der Waals surface area (Å²) < 4.78 is 16.7. The number of nitrogens with zero attached hydrogens (tertiary/aromatic N) is 1. The molecule has 1 aliphatic heterocycles. The van der Waals surface area contributed by atoms with Crippen LogP contribution in [0, 0.1) is 5.82 Å². The number of anilines is 1. The predicted octanol–water partition coefficient (Wildman–Crippen LogP) is 3.02. The molecular formula is C10H10ClFN2S. The summed E-state index contributed by atoms with van der Waals surface area (Å²) in [5.74, 6) is -0.197. The fourth-order valence-electron chi connectivity index (χ4n) is 1.84. The highest BCUT2D eigenvalue weighted by Crippen LogP contribution is 2.44. The zero-order chi connectivity index (χ0) is 10.4. The maximum absolute atomic E-state index is 13.6. The van der Waals surface area contributed by atoms with Gasteiger partial charge >= 0.3 is 0 Å². The first kappa shape index (κ1) is 9.75. The van der Waals surface area contributed by atoms with Gasteiger partial charge in [-0.1, -0.05) is 11.6 Å². The van der Waals surface area contributed by atoms with Gasteiger partial charge in [0.2, 0.25) is 0 Å². The van der Waals surface area contributed by atoms with E-state index in [1.165, 1.54) is 30.9 Å². The Kier molecular flexibility index (Phi) is 2.30. The van der Waals surface area contributed by atoms with Crippen molar-refractivity contribution in [3.63, 3.8) is 0 Å². The molecule has 1 aromatic rings. The van der Waals surface area contributed by atoms with E-state index in [-0.39, 0.29) is 5.82 Å². The molecule has 0 atom stereocenters. The van der Waals surface area contributed by atoms with Gasteiger partial charge in [0.25, 0.3) is 0 Å². The third kappa shape index (κ3) is 1.61. The number of fused-ring (bicyclic) bond motifs is 1. The Morgan fingerprint density at radius 2 is 2.27 bits per heavy atom. The van der Waals surface area contributed by atoms with Crippen LogP contribution >= 0.6 is 23.5 Å². The molecule has 1 fully saturated rings. The highest BCUT2D eigenvalue weighted by atomic mass is 35.5. The van der Waals surface area contributed by atoms with Crippen molar-refractivity contribution < 1.29 is 4.39 Å². The van der Waals surface area contributed by atoms with E-state index in [1.807, 2.05) is 0 Å². The van der Waals surface area contributed by atoms with Crippen molar-refractivity contribution in [1.29, 1.82) is 0 Å². The topological polar surface area (TPSA) is 15.3 Å². The second-order valence-corrected chi connectivity index (χ2v) is 5.12. The van der Waals surface area contributed by atoms with Gasteiger partial charge in [0.05, 0.1) is 22.3 Å². The zero-order valence-electron chi connectivity index (χ0n) is 7.96. The van der Waals surface area contributed by atoms with Gasteiger partial charge in [-0.15, -0.1) is 0 Å². The van der Waals surface area contributed by atoms with Crippen LogP contribution in [0.5, 0.6) is 0 Å². The number of halogens is 2. The van der Waals surface area contributed by atoms with Gasteiger partial charge in [-0.3, -0.25) is 0 Å². The van der Waals surface area contributed by atoms with E-state index in [1.54, 1.807) is 6.07 Å². The number of nitrogens with one attached hydrogen (secondary N) is 1. The molecule has 0 bridgehead atoms. The summed E-state index contributed by atoms with van der Waals surface area (Å²) >= 11 is 7.46. The van der Waals surface area contributed by atoms with Gasteiger partial charge in [-0.05, 0) is 36.9 Å². The van der Waals surface area contributed by atoms with E-state index in [9.17, 15) is 4.39 Å². The van der Waals surface area contributed by atoms with Crippen LogP contribution in [-0.2, 0) is 0 Å². The van der Waals surface area contributed by atoms with Crippen LogP contribution < -0.4 is 9.62 Å². The standard InChI is InChI=1S/C10H10ClFN2S/c11-7-3-4-8(12)10-9(7)14(5-13-15-10)6-1-2-6/h3-4,6,13H,1-2,5H2. The molecule has 1 aromatic carbocycles. The van der Waals surface area contributed by atoms with Crippen LogP contribution in [-0.4, -0.2) is 12.7 Å². The lowest BCUT2D eigenvalue weighted by Gasteiger charge is -2.32. The summed E-state index contributed by atoms with van der Waals surface area (Å²) in [6.07, 6.45) is 2.36. The lowest BCUT2D eigenvalue weighted by atomic mass is 10.2. The molecular weight excluding hydrogens is 235 g/mol. The monoisotopic (exact) mass is 244 g/mol. The highest BCUT2D eigenvalue weighted by Gasteiger charge is 2.34. The molecule has 1 saturated carbocycles. The predicted molar refractivity (Wildman–Crippen MR) is 60.8 cm³/mol. The molecule has 1 N–H and O–H groups in total. The molecule has 0 aromatic heterocycles. The maximum Gasteiger partial charge on any atom is 0.140 e. The molecule has 80 valence electrons. The van der Waals surface area contributed by atoms with Gasteiger partial charge in [0, 0.05) is 6.04 Å². The molecule has 1 heterocycles. The summed E-state index contributed by atoms with van der Waals surface area (Å²) in [5.41, 5.74) is 0.864. The molecule has 1 aliphatic carbocycles. The van der Waals surface area contributed by atoms with Gasteiger partial charge in [-0.25, -0.2) is 9.11 Å². The van der Waals surface area contributed by atoms with Crippen LogP contribution in [0.3, 0.4) is 0 Å². The minimum Gasteiger partial charge on any atom is -0.353 e. The van der Waals surface area contributed by atoms with Crippen LogP contribution in [0.15, 0.2) is 17.0 Å². The Hall–Kier alpha value is -0.450. The first-order chi connectivity index (χ1) is 7.27. The van der Waals surface area contributed by atoms with Crippen LogP contribution in [0.2, 0.25) is 5.02 Å². The summed E-state index contributed by atoms with van der Waals surface area (Å²) in [6, 6.07) is 3.60. The van der Waals surface area contributed by atoms with Crippen LogP contribution in [0.1, 0.15) is 12.8 Å². The molecule has 0 saturated heterocycles. The Balaban J connectivity index is 2.11. The SMILES string of the molecule is Fc1ccc(Cl)c2c1SNCN2C1CC1. The summed E-state index contributed by atoms with van der Waals surface area (Å²) in [6.45, 7) is 0.742. The Morgan fingerprint density at radius 3 is 3.00 bits per heavy atom. The second kappa shape index (κ2) is 3.54. The molecule has 0 radical (unpaired) electrons. The molecule has 0 unspecified atom stereocenters. The molecule has 2 nitrogen and oxygen atoms in total. The first-order valence-electron chi connectivity index (χ1n) is 4.91. The van der Waals surface area contributed by atoms with Crippen molar-refractivity contribution in [2.24, 2.45) is 0 Å². The summed E-state index contributed by atoms with van der Waals surface area (Å²) in [4.78, 5) is 2.79. The summed E-state index contributed by atoms with van der Waals surface area (Å²) in [5, 5.41) is 0.646. The van der Waals surface area contributed by atoms with Gasteiger partial charge < -0.3 is 4.90 Å². The highest BCUT2D eigenvalue weighted by molar-refractivity contribution is 7.97. The Labute approximate surface area is 96.9 Å². The second-order valence-electron chi connectivity index (χ2n) is 3.81. The molecule has 0 amide bonds. The van der Waals surface area contributed by atoms with Crippen molar-refractivity contribution in [2.75, 3.05) is 11.6 Å². The quantitative estimate of drug-likeness (QED) is 0.765. The molecule has 5 heteroatoms. The third-order valence-corrected chi connectivity index (χ3v) is 3.89. The minimum atomic E-state index is -0.197. The summed E-state index contributed by atoms with van der Waals surface area (Å²) in [7, 11) is 0. The van der Waals surface area contributed by atoms with Crippen molar-refractivity contribution in [1.82, 2.24) is 4.72 Å². The molecule has 15 heavy (non-hydrogen) atoms. The fraction of sp³-hybridized carbons (Fsp3) is 0.400. The van der Waals surface area contributed by atoms with Crippen molar-refractivity contribution in [3.8, 4) is 0 Å². The van der Waals surface area contributed by atoms with Gasteiger partial charge in [0.15, 0.2) is 0 Å². The fourth-order valence-corrected chi connectivity index (χ4v) is 3.00. The first-order valence-corrected chi connectivity index (χ1v) is 6.11. The van der Waals surface area contributed by atoms with E-state index in [0.717, 1.165) is 12.4 Å². The van der Waals surface area contributed by atoms with Crippen molar-refractivity contribution in [2.45, 2.75) is 23.8 Å². The number of hydrogen-bond acceptors (Lipinski definition) is 3. The smallest absolute Gasteiger partial charge is 0.140 e. The zero-order valence-corrected chi connectivity index (χ0v) is 9.54. The molecule has 3 rings (SSSR count). The minimum absolute atomic E-state index is 0.197. The van der Waals surface area contributed by atoms with E-state index in [2.05, 4.69) is 9.62 Å². The van der Waals surface area contributed by atoms with E-state index >= 15 is 0 Å². The average molecular weight is 245 g/mol. The average Bonchev–Trinajstić information content (AvgIpc) is 3.07. The van der Waals surface area contributed by atoms with Gasteiger partial charge in [-0.2, -0.15) is 0 Å². The lowest BCUT2D eigenvalue weighted by Crippen LogP contribution is -2.37. The lowest BCUT2D eigenvalue weighted by molar-refractivity contribution is 0.594. The van der Waals surface area contributed by atoms with E-state index in [0.29, 0.717) is 16.0 Å². The van der Waals surface area contributed by atoms with Crippen molar-refractivity contribution >= 4 is 29.2 Å². The van der Waals surface area contributed by atoms with Crippen molar-refractivity contribution in [3.05, 3.63) is 23.0 Å². The third-order valence-electron chi connectivity index (χ3n) is 2.72. The maximum atomic E-state index is 13.6. The normalized spacial score (nSPS) is 20.3. The Bertz CT molecular complexity index is 409. The Morgan fingerprint density at radius 1 is 1.47 bits per heavy atom. The molecule has 2 aliphatic rings. The largest absolute Gasteiger partial charge is 0.353 e. The van der Waals surface area contributed by atoms with Gasteiger partial charge in [0.1, 0.15) is 5.82 Å². The number of benzene rings is 1.